The van der Waals surface area contributed by atoms with E-state index in [2.05, 4.69) is 25.6 Å². The molecule has 3 aromatic rings. The number of carbonyl (C=O) groups is 1. The van der Waals surface area contributed by atoms with Gasteiger partial charge < -0.3 is 25.2 Å². The van der Waals surface area contributed by atoms with Crippen molar-refractivity contribution in [1.82, 2.24) is 15.0 Å². The zero-order chi connectivity index (χ0) is 23.1. The summed E-state index contributed by atoms with van der Waals surface area (Å²) in [6, 6.07) is 12.0. The lowest BCUT2D eigenvalue weighted by Crippen LogP contribution is -2.30. The molecule has 0 radical (unpaired) electrons. The second kappa shape index (κ2) is 10.5. The number of methoxy groups -OCH3 is 2. The molecule has 2 aromatic heterocycles. The van der Waals surface area contributed by atoms with E-state index in [1.54, 1.807) is 37.6 Å². The van der Waals surface area contributed by atoms with Gasteiger partial charge in [-0.05, 0) is 36.2 Å². The average molecular weight is 438 g/mol. The number of aliphatic hydroxyl groups is 1. The van der Waals surface area contributed by atoms with Gasteiger partial charge in [0.2, 0.25) is 5.95 Å². The van der Waals surface area contributed by atoms with Crippen molar-refractivity contribution >= 4 is 23.4 Å². The molecule has 0 saturated carbocycles. The predicted molar refractivity (Wildman–Crippen MR) is 122 cm³/mol. The third kappa shape index (κ3) is 5.50. The van der Waals surface area contributed by atoms with E-state index in [-0.39, 0.29) is 18.6 Å². The molecular formula is C23H27N5O4. The van der Waals surface area contributed by atoms with Crippen molar-refractivity contribution in [2.45, 2.75) is 19.9 Å². The topological polar surface area (TPSA) is 118 Å². The van der Waals surface area contributed by atoms with Crippen LogP contribution < -0.4 is 15.4 Å². The predicted octanol–water partition coefficient (Wildman–Crippen LogP) is 3.51. The van der Waals surface area contributed by atoms with E-state index >= 15 is 0 Å². The van der Waals surface area contributed by atoms with E-state index in [9.17, 15) is 9.90 Å². The van der Waals surface area contributed by atoms with Crippen molar-refractivity contribution in [3.63, 3.8) is 0 Å². The molecule has 3 N–H and O–H groups in total. The summed E-state index contributed by atoms with van der Waals surface area (Å²) >= 11 is 0. The molecular weight excluding hydrogens is 410 g/mol. The lowest BCUT2D eigenvalue weighted by atomic mass is 10.1. The zero-order valence-electron chi connectivity index (χ0n) is 18.5. The Morgan fingerprint density at radius 3 is 2.53 bits per heavy atom. The molecule has 0 spiro atoms. The maximum absolute atomic E-state index is 12.0. The number of pyridine rings is 1. The van der Waals surface area contributed by atoms with Crippen molar-refractivity contribution in [2.75, 3.05) is 31.5 Å². The molecule has 0 bridgehead atoms. The van der Waals surface area contributed by atoms with Gasteiger partial charge in [0.15, 0.2) is 0 Å². The Hall–Kier alpha value is -3.72. The first-order chi connectivity index (χ1) is 15.4. The normalized spacial score (nSPS) is 11.7. The minimum Gasteiger partial charge on any atom is -0.495 e. The monoisotopic (exact) mass is 437 g/mol. The van der Waals surface area contributed by atoms with Crippen molar-refractivity contribution in [1.29, 1.82) is 0 Å². The molecule has 1 aromatic carbocycles. The first-order valence-electron chi connectivity index (χ1n) is 10.2. The molecule has 0 amide bonds. The van der Waals surface area contributed by atoms with Crippen LogP contribution in [0.3, 0.4) is 0 Å². The highest BCUT2D eigenvalue weighted by molar-refractivity contribution is 5.91. The van der Waals surface area contributed by atoms with Gasteiger partial charge in [-0.2, -0.15) is 4.98 Å². The Labute approximate surface area is 186 Å². The van der Waals surface area contributed by atoms with Crippen LogP contribution in [0.2, 0.25) is 0 Å². The molecule has 32 heavy (non-hydrogen) atoms. The molecule has 3 rings (SSSR count). The van der Waals surface area contributed by atoms with Gasteiger partial charge in [0.25, 0.3) is 0 Å². The molecule has 0 aliphatic rings. The van der Waals surface area contributed by atoms with Crippen LogP contribution in [0.1, 0.15) is 24.2 Å². The Bertz CT molecular complexity index is 1060. The molecule has 1 atom stereocenters. The van der Waals surface area contributed by atoms with Crippen molar-refractivity contribution in [3.05, 3.63) is 54.2 Å². The first-order valence-corrected chi connectivity index (χ1v) is 10.2. The summed E-state index contributed by atoms with van der Waals surface area (Å²) in [5, 5.41) is 16.1. The highest BCUT2D eigenvalue weighted by Crippen LogP contribution is 2.30. The molecule has 168 valence electrons. The van der Waals surface area contributed by atoms with E-state index in [4.69, 9.17) is 9.47 Å². The number of anilines is 3. The summed E-state index contributed by atoms with van der Waals surface area (Å²) in [4.78, 5) is 25.5. The largest absolute Gasteiger partial charge is 0.495 e. The van der Waals surface area contributed by atoms with Gasteiger partial charge in [-0.1, -0.05) is 19.9 Å². The van der Waals surface area contributed by atoms with E-state index in [0.29, 0.717) is 40.2 Å². The number of nitrogens with one attached hydrogen (secondary N) is 2. The van der Waals surface area contributed by atoms with Crippen LogP contribution in [0.25, 0.3) is 11.4 Å². The van der Waals surface area contributed by atoms with E-state index in [0.717, 1.165) is 0 Å². The van der Waals surface area contributed by atoms with Crippen LogP contribution in [0.4, 0.5) is 17.5 Å². The quantitative estimate of drug-likeness (QED) is 0.432. The Morgan fingerprint density at radius 1 is 1.09 bits per heavy atom. The van der Waals surface area contributed by atoms with Crippen molar-refractivity contribution < 1.29 is 19.4 Å². The van der Waals surface area contributed by atoms with Crippen LogP contribution in [-0.4, -0.2) is 52.9 Å². The standard InChI is InChI=1S/C23H27N5O4/c1-14(2)19(13-29)27-23-26-17(16-7-5-6-10-24-16)12-21(28-23)25-18-11-15(22(30)32-4)8-9-20(18)31-3/h5-12,14,19,29H,13H2,1-4H3,(H2,25,26,27,28)/t19-/m1/s1. The number of rotatable bonds is 9. The second-order valence-corrected chi connectivity index (χ2v) is 7.39. The Balaban J connectivity index is 2.03. The lowest BCUT2D eigenvalue weighted by Gasteiger charge is -2.21. The summed E-state index contributed by atoms with van der Waals surface area (Å²) < 4.78 is 10.2. The van der Waals surface area contributed by atoms with Crippen molar-refractivity contribution in [3.8, 4) is 17.1 Å². The molecule has 0 unspecified atom stereocenters. The SMILES string of the molecule is COC(=O)c1ccc(OC)c(Nc2cc(-c3ccccn3)nc(N[C@H](CO)C(C)C)n2)c1. The highest BCUT2D eigenvalue weighted by Gasteiger charge is 2.17. The molecule has 9 heteroatoms. The molecule has 0 fully saturated rings. The number of aromatic nitrogens is 3. The molecule has 0 aliphatic heterocycles. The molecule has 0 aliphatic carbocycles. The van der Waals surface area contributed by atoms with Crippen molar-refractivity contribution in [2.24, 2.45) is 5.92 Å². The molecule has 9 nitrogen and oxygen atoms in total. The van der Waals surface area contributed by atoms with Gasteiger partial charge in [-0.25, -0.2) is 9.78 Å². The minimum atomic E-state index is -0.461. The second-order valence-electron chi connectivity index (χ2n) is 7.39. The summed E-state index contributed by atoms with van der Waals surface area (Å²) in [6.07, 6.45) is 1.69. The average Bonchev–Trinajstić information content (AvgIpc) is 2.82. The van der Waals surface area contributed by atoms with Gasteiger partial charge in [-0.3, -0.25) is 4.98 Å². The minimum absolute atomic E-state index is 0.0629. The summed E-state index contributed by atoms with van der Waals surface area (Å²) in [5.41, 5.74) is 2.17. The van der Waals surface area contributed by atoms with Gasteiger partial charge in [0, 0.05) is 12.3 Å². The summed E-state index contributed by atoms with van der Waals surface area (Å²) in [6.45, 7) is 3.93. The lowest BCUT2D eigenvalue weighted by molar-refractivity contribution is 0.0600. The number of carbonyl (C=O) groups excluding carboxylic acids is 1. The molecule has 0 saturated heterocycles. The number of hydrogen-bond donors (Lipinski definition) is 3. The smallest absolute Gasteiger partial charge is 0.337 e. The number of ether oxygens (including phenoxy) is 2. The van der Waals surface area contributed by atoms with Gasteiger partial charge in [0.05, 0.1) is 49.5 Å². The van der Waals surface area contributed by atoms with Crippen LogP contribution in [-0.2, 0) is 4.74 Å². The van der Waals surface area contributed by atoms with Crippen LogP contribution in [0.15, 0.2) is 48.7 Å². The number of hydrogen-bond acceptors (Lipinski definition) is 9. The number of nitrogens with zero attached hydrogens (tertiary/aromatic N) is 3. The number of esters is 1. The van der Waals surface area contributed by atoms with Crippen LogP contribution >= 0.6 is 0 Å². The third-order valence-corrected chi connectivity index (χ3v) is 4.85. The first kappa shape index (κ1) is 23.0. The molecule has 2 heterocycles. The van der Waals surface area contributed by atoms with Crippen LogP contribution in [0.5, 0.6) is 5.75 Å². The van der Waals surface area contributed by atoms with E-state index in [1.807, 2.05) is 32.0 Å². The van der Waals surface area contributed by atoms with Gasteiger partial charge in [-0.15, -0.1) is 0 Å². The fourth-order valence-corrected chi connectivity index (χ4v) is 3.00. The summed E-state index contributed by atoms with van der Waals surface area (Å²) in [7, 11) is 2.87. The fraction of sp³-hybridized carbons (Fsp3) is 0.304. The zero-order valence-corrected chi connectivity index (χ0v) is 18.5. The fourth-order valence-electron chi connectivity index (χ4n) is 3.00. The van der Waals surface area contributed by atoms with Crippen LogP contribution in [0, 0.1) is 5.92 Å². The van der Waals surface area contributed by atoms with E-state index in [1.165, 1.54) is 7.11 Å². The Morgan fingerprint density at radius 2 is 1.91 bits per heavy atom. The highest BCUT2D eigenvalue weighted by atomic mass is 16.5. The maximum atomic E-state index is 12.0. The number of benzene rings is 1. The third-order valence-electron chi connectivity index (χ3n) is 4.85. The van der Waals surface area contributed by atoms with E-state index < -0.39 is 5.97 Å². The summed E-state index contributed by atoms with van der Waals surface area (Å²) in [5.74, 6) is 1.03. The maximum Gasteiger partial charge on any atom is 0.337 e. The number of aliphatic hydroxyl groups excluding tert-OH is 1. The van der Waals surface area contributed by atoms with Gasteiger partial charge >= 0.3 is 5.97 Å². The Kier molecular flexibility index (Phi) is 7.56. The van der Waals surface area contributed by atoms with Gasteiger partial charge in [0.1, 0.15) is 11.6 Å².